The Bertz CT molecular complexity index is 683. The van der Waals surface area contributed by atoms with Crippen LogP contribution in [0.25, 0.3) is 0 Å². The number of rotatable bonds is 1. The zero-order chi connectivity index (χ0) is 14.4. The highest BCUT2D eigenvalue weighted by atomic mass is 32.1. The van der Waals surface area contributed by atoms with Gasteiger partial charge in [-0.3, -0.25) is 4.79 Å². The molecular weight excluding hydrogens is 288 g/mol. The first-order chi connectivity index (χ1) is 10.2. The number of ether oxygens (including phenoxy) is 2. The summed E-state index contributed by atoms with van der Waals surface area (Å²) in [6.07, 6.45) is 2.33. The van der Waals surface area contributed by atoms with Crippen molar-refractivity contribution in [2.24, 2.45) is 0 Å². The SMILES string of the molecule is O=C1CCCC2=C1C(c1ccc3c(c1)OCO3)NC(=S)N2. The molecule has 0 aromatic heterocycles. The molecule has 4 rings (SSSR count). The van der Waals surface area contributed by atoms with E-state index in [-0.39, 0.29) is 18.6 Å². The van der Waals surface area contributed by atoms with Crippen LogP contribution in [0.2, 0.25) is 0 Å². The second-order valence-electron chi connectivity index (χ2n) is 5.31. The molecule has 2 heterocycles. The number of allylic oxidation sites excluding steroid dienone is 1. The molecule has 1 unspecified atom stereocenters. The zero-order valence-corrected chi connectivity index (χ0v) is 12.1. The third kappa shape index (κ3) is 2.06. The number of nitrogens with one attached hydrogen (secondary N) is 2. The van der Waals surface area contributed by atoms with Gasteiger partial charge in [0.25, 0.3) is 0 Å². The standard InChI is InChI=1S/C15H14N2O3S/c18-10-3-1-2-9-13(10)14(17-15(21)16-9)8-4-5-11-12(6-8)20-7-19-11/h4-6,14H,1-3,7H2,(H2,16,17,21). The molecule has 5 nitrogen and oxygen atoms in total. The minimum Gasteiger partial charge on any atom is -0.454 e. The summed E-state index contributed by atoms with van der Waals surface area (Å²) in [6.45, 7) is 0.240. The van der Waals surface area contributed by atoms with Gasteiger partial charge in [-0.05, 0) is 42.8 Å². The molecule has 0 amide bonds. The van der Waals surface area contributed by atoms with Crippen molar-refractivity contribution >= 4 is 23.1 Å². The Hall–Kier alpha value is -2.08. The van der Waals surface area contributed by atoms with Crippen LogP contribution in [0.15, 0.2) is 29.5 Å². The van der Waals surface area contributed by atoms with Gasteiger partial charge in [-0.1, -0.05) is 6.07 Å². The maximum Gasteiger partial charge on any atom is 0.231 e. The van der Waals surface area contributed by atoms with Gasteiger partial charge in [-0.25, -0.2) is 0 Å². The first-order valence-electron chi connectivity index (χ1n) is 6.96. The Balaban J connectivity index is 1.79. The van der Waals surface area contributed by atoms with Crippen molar-refractivity contribution in [2.45, 2.75) is 25.3 Å². The first kappa shape index (κ1) is 12.6. The third-order valence-electron chi connectivity index (χ3n) is 4.01. The second-order valence-corrected chi connectivity index (χ2v) is 5.72. The van der Waals surface area contributed by atoms with Crippen LogP contribution in [0.4, 0.5) is 0 Å². The quantitative estimate of drug-likeness (QED) is 0.773. The Kier molecular flexibility index (Phi) is 2.85. The molecule has 0 spiro atoms. The fourth-order valence-corrected chi connectivity index (χ4v) is 3.29. The van der Waals surface area contributed by atoms with E-state index in [0.29, 0.717) is 17.3 Å². The molecule has 0 saturated carbocycles. The summed E-state index contributed by atoms with van der Waals surface area (Å²) < 4.78 is 10.8. The molecule has 1 aliphatic carbocycles. The van der Waals surface area contributed by atoms with Crippen molar-refractivity contribution in [2.75, 3.05) is 6.79 Å². The maximum atomic E-state index is 12.3. The van der Waals surface area contributed by atoms with Gasteiger partial charge in [-0.15, -0.1) is 0 Å². The summed E-state index contributed by atoms with van der Waals surface area (Å²) in [6, 6.07) is 5.53. The van der Waals surface area contributed by atoms with E-state index in [2.05, 4.69) is 10.6 Å². The third-order valence-corrected chi connectivity index (χ3v) is 4.23. The number of hydrogen-bond donors (Lipinski definition) is 2. The van der Waals surface area contributed by atoms with E-state index in [4.69, 9.17) is 21.7 Å². The molecule has 2 aliphatic heterocycles. The van der Waals surface area contributed by atoms with Crippen molar-refractivity contribution < 1.29 is 14.3 Å². The van der Waals surface area contributed by atoms with Crippen LogP contribution >= 0.6 is 12.2 Å². The molecule has 6 heteroatoms. The van der Waals surface area contributed by atoms with Crippen LogP contribution in [-0.4, -0.2) is 17.7 Å². The van der Waals surface area contributed by atoms with Gasteiger partial charge in [0.15, 0.2) is 22.4 Å². The summed E-state index contributed by atoms with van der Waals surface area (Å²) in [5, 5.41) is 6.88. The number of carbonyl (C=O) groups is 1. The van der Waals surface area contributed by atoms with E-state index in [1.807, 2.05) is 18.2 Å². The molecule has 3 aliphatic rings. The molecule has 1 aromatic carbocycles. The molecule has 1 aromatic rings. The molecule has 108 valence electrons. The average Bonchev–Trinajstić information content (AvgIpc) is 2.93. The largest absolute Gasteiger partial charge is 0.454 e. The van der Waals surface area contributed by atoms with Crippen molar-refractivity contribution in [3.63, 3.8) is 0 Å². The smallest absolute Gasteiger partial charge is 0.231 e. The lowest BCUT2D eigenvalue weighted by atomic mass is 9.85. The Morgan fingerprint density at radius 1 is 1.19 bits per heavy atom. The van der Waals surface area contributed by atoms with Gasteiger partial charge >= 0.3 is 0 Å². The van der Waals surface area contributed by atoms with Crippen LogP contribution in [0.3, 0.4) is 0 Å². The highest BCUT2D eigenvalue weighted by Gasteiger charge is 2.33. The number of ketones is 1. The van der Waals surface area contributed by atoms with Gasteiger partial charge in [0.2, 0.25) is 6.79 Å². The molecule has 0 radical (unpaired) electrons. The Morgan fingerprint density at radius 2 is 2.05 bits per heavy atom. The van der Waals surface area contributed by atoms with Gasteiger partial charge in [0, 0.05) is 17.7 Å². The van der Waals surface area contributed by atoms with E-state index < -0.39 is 0 Å². The lowest BCUT2D eigenvalue weighted by Crippen LogP contribution is -2.46. The van der Waals surface area contributed by atoms with Crippen LogP contribution in [0, 0.1) is 0 Å². The predicted octanol–water partition coefficient (Wildman–Crippen LogP) is 1.94. The molecule has 2 N–H and O–H groups in total. The average molecular weight is 302 g/mol. The highest BCUT2D eigenvalue weighted by Crippen LogP contribution is 2.38. The van der Waals surface area contributed by atoms with Gasteiger partial charge in [0.1, 0.15) is 0 Å². The number of fused-ring (bicyclic) bond motifs is 1. The number of Topliss-reactive ketones (excluding diaryl/α,β-unsaturated/α-hetero) is 1. The summed E-state index contributed by atoms with van der Waals surface area (Å²) in [4.78, 5) is 12.3. The normalized spacial score (nSPS) is 23.5. The van der Waals surface area contributed by atoms with Crippen LogP contribution < -0.4 is 20.1 Å². The van der Waals surface area contributed by atoms with E-state index in [1.165, 1.54) is 0 Å². The van der Waals surface area contributed by atoms with Crippen molar-refractivity contribution in [1.82, 2.24) is 10.6 Å². The van der Waals surface area contributed by atoms with Gasteiger partial charge in [-0.2, -0.15) is 0 Å². The van der Waals surface area contributed by atoms with E-state index in [1.54, 1.807) is 0 Å². The summed E-state index contributed by atoms with van der Waals surface area (Å²) in [5.74, 6) is 1.63. The van der Waals surface area contributed by atoms with Crippen LogP contribution in [0.5, 0.6) is 11.5 Å². The second kappa shape index (κ2) is 4.73. The fourth-order valence-electron chi connectivity index (χ4n) is 3.05. The number of carbonyl (C=O) groups excluding carboxylic acids is 1. The van der Waals surface area contributed by atoms with Crippen LogP contribution in [0.1, 0.15) is 30.9 Å². The minimum atomic E-state index is -0.212. The van der Waals surface area contributed by atoms with Crippen molar-refractivity contribution in [1.29, 1.82) is 0 Å². The Morgan fingerprint density at radius 3 is 2.95 bits per heavy atom. The topological polar surface area (TPSA) is 59.6 Å². The van der Waals surface area contributed by atoms with Gasteiger partial charge < -0.3 is 20.1 Å². The van der Waals surface area contributed by atoms with E-state index >= 15 is 0 Å². The molecule has 0 fully saturated rings. The summed E-state index contributed by atoms with van der Waals surface area (Å²) >= 11 is 5.27. The molecular formula is C15H14N2O3S. The van der Waals surface area contributed by atoms with Crippen molar-refractivity contribution in [3.8, 4) is 11.5 Å². The lowest BCUT2D eigenvalue weighted by Gasteiger charge is -2.33. The molecule has 1 atom stereocenters. The lowest BCUT2D eigenvalue weighted by molar-refractivity contribution is -0.116. The number of thiocarbonyl (C=S) groups is 1. The fraction of sp³-hybridized carbons (Fsp3) is 0.333. The Labute approximate surface area is 127 Å². The number of hydrogen-bond acceptors (Lipinski definition) is 4. The van der Waals surface area contributed by atoms with Gasteiger partial charge in [0.05, 0.1) is 6.04 Å². The predicted molar refractivity (Wildman–Crippen MR) is 80.1 cm³/mol. The number of benzene rings is 1. The van der Waals surface area contributed by atoms with E-state index in [0.717, 1.165) is 35.4 Å². The monoisotopic (exact) mass is 302 g/mol. The minimum absolute atomic E-state index is 0.182. The summed E-state index contributed by atoms with van der Waals surface area (Å²) in [5.41, 5.74) is 2.72. The highest BCUT2D eigenvalue weighted by molar-refractivity contribution is 7.80. The maximum absolute atomic E-state index is 12.3. The van der Waals surface area contributed by atoms with E-state index in [9.17, 15) is 4.79 Å². The summed E-state index contributed by atoms with van der Waals surface area (Å²) in [7, 11) is 0. The van der Waals surface area contributed by atoms with Crippen molar-refractivity contribution in [3.05, 3.63) is 35.0 Å². The molecule has 0 saturated heterocycles. The van der Waals surface area contributed by atoms with Crippen LogP contribution in [-0.2, 0) is 4.79 Å². The molecule has 0 bridgehead atoms. The zero-order valence-electron chi connectivity index (χ0n) is 11.3. The first-order valence-corrected chi connectivity index (χ1v) is 7.36. The molecule has 21 heavy (non-hydrogen) atoms.